The van der Waals surface area contributed by atoms with Crippen LogP contribution >= 0.6 is 22.6 Å². The molecule has 0 fully saturated rings. The summed E-state index contributed by atoms with van der Waals surface area (Å²) >= 11 is 2.20. The molecular weight excluding hydrogens is 357 g/mol. The van der Waals surface area contributed by atoms with Crippen molar-refractivity contribution in [3.05, 3.63) is 67.3 Å². The summed E-state index contributed by atoms with van der Waals surface area (Å²) in [6, 6.07) is 12.7. The lowest BCUT2D eigenvalue weighted by Crippen LogP contribution is -2.01. The van der Waals surface area contributed by atoms with Crippen LogP contribution in [0.5, 0.6) is 5.75 Å². The Morgan fingerprint density at radius 1 is 1.21 bits per heavy atom. The van der Waals surface area contributed by atoms with E-state index in [1.165, 1.54) is 6.07 Å². The summed E-state index contributed by atoms with van der Waals surface area (Å²) in [5.41, 5.74) is 1.61. The molecule has 0 unspecified atom stereocenters. The molecule has 0 atom stereocenters. The number of nitrogens with zero attached hydrogens (tertiary/aromatic N) is 1. The van der Waals surface area contributed by atoms with Crippen molar-refractivity contribution in [3.8, 4) is 5.75 Å². The van der Waals surface area contributed by atoms with Crippen LogP contribution in [-0.4, -0.2) is 4.92 Å². The number of rotatable bonds is 4. The van der Waals surface area contributed by atoms with Gasteiger partial charge < -0.3 is 4.74 Å². The number of hydrogen-bond donors (Lipinski definition) is 0. The molecule has 2 aromatic carbocycles. The van der Waals surface area contributed by atoms with Crippen LogP contribution in [0.15, 0.2) is 42.5 Å². The van der Waals surface area contributed by atoms with Crippen molar-refractivity contribution in [2.45, 2.75) is 13.5 Å². The number of nitro groups is 1. The van der Waals surface area contributed by atoms with Gasteiger partial charge in [-0.1, -0.05) is 24.3 Å². The molecule has 0 radical (unpaired) electrons. The van der Waals surface area contributed by atoms with Crippen LogP contribution in [0.25, 0.3) is 0 Å². The highest BCUT2D eigenvalue weighted by atomic mass is 127. The van der Waals surface area contributed by atoms with Gasteiger partial charge in [0.2, 0.25) is 0 Å². The van der Waals surface area contributed by atoms with Crippen LogP contribution in [-0.2, 0) is 6.61 Å². The van der Waals surface area contributed by atoms with Crippen LogP contribution in [0.1, 0.15) is 11.1 Å². The van der Waals surface area contributed by atoms with E-state index in [1.54, 1.807) is 13.0 Å². The van der Waals surface area contributed by atoms with E-state index in [9.17, 15) is 10.1 Å². The van der Waals surface area contributed by atoms with Gasteiger partial charge in [-0.25, -0.2) is 0 Å². The summed E-state index contributed by atoms with van der Waals surface area (Å²) in [4.78, 5) is 10.5. The fourth-order valence-corrected chi connectivity index (χ4v) is 2.28. The maximum absolute atomic E-state index is 10.9. The lowest BCUT2D eigenvalue weighted by Gasteiger charge is -2.10. The summed E-state index contributed by atoms with van der Waals surface area (Å²) in [5.74, 6) is 0.786. The number of ether oxygens (including phenoxy) is 1. The molecule has 0 aliphatic rings. The predicted octanol–water partition coefficient (Wildman–Crippen LogP) is 4.09. The average Bonchev–Trinajstić information content (AvgIpc) is 2.39. The molecule has 0 heterocycles. The molecule has 0 saturated heterocycles. The Bertz CT molecular complexity index is 613. The molecule has 4 nitrogen and oxygen atoms in total. The minimum absolute atomic E-state index is 0.129. The molecule has 2 aromatic rings. The van der Waals surface area contributed by atoms with Gasteiger partial charge in [-0.3, -0.25) is 10.1 Å². The molecule has 0 aliphatic carbocycles. The van der Waals surface area contributed by atoms with E-state index in [2.05, 4.69) is 22.6 Å². The Hall–Kier alpha value is -1.63. The van der Waals surface area contributed by atoms with Crippen LogP contribution in [0.3, 0.4) is 0 Å². The van der Waals surface area contributed by atoms with Crippen molar-refractivity contribution >= 4 is 28.3 Å². The van der Waals surface area contributed by atoms with Gasteiger partial charge in [0, 0.05) is 11.6 Å². The molecule has 0 aliphatic heterocycles. The third-order valence-electron chi connectivity index (χ3n) is 2.83. The fraction of sp³-hybridized carbons (Fsp3) is 0.143. The van der Waals surface area contributed by atoms with Crippen molar-refractivity contribution in [2.24, 2.45) is 0 Å². The molecule has 2 rings (SSSR count). The first-order chi connectivity index (χ1) is 9.09. The summed E-state index contributed by atoms with van der Waals surface area (Å²) in [7, 11) is 0. The topological polar surface area (TPSA) is 52.4 Å². The van der Waals surface area contributed by atoms with E-state index < -0.39 is 0 Å². The van der Waals surface area contributed by atoms with Crippen molar-refractivity contribution in [3.63, 3.8) is 0 Å². The second kappa shape index (κ2) is 6.01. The van der Waals surface area contributed by atoms with Crippen LogP contribution in [0, 0.1) is 20.6 Å². The molecule has 0 aromatic heterocycles. The summed E-state index contributed by atoms with van der Waals surface area (Å²) < 4.78 is 6.73. The lowest BCUT2D eigenvalue weighted by molar-refractivity contribution is -0.385. The first-order valence-corrected chi connectivity index (χ1v) is 6.77. The number of hydrogen-bond acceptors (Lipinski definition) is 3. The Labute approximate surface area is 124 Å². The smallest absolute Gasteiger partial charge is 0.272 e. The zero-order chi connectivity index (χ0) is 13.8. The maximum Gasteiger partial charge on any atom is 0.272 e. The van der Waals surface area contributed by atoms with Gasteiger partial charge in [0.05, 0.1) is 8.49 Å². The Morgan fingerprint density at radius 2 is 1.95 bits per heavy atom. The van der Waals surface area contributed by atoms with Crippen LogP contribution in [0.4, 0.5) is 5.69 Å². The van der Waals surface area contributed by atoms with Gasteiger partial charge in [-0.05, 0) is 47.2 Å². The van der Waals surface area contributed by atoms with E-state index in [0.717, 1.165) is 14.9 Å². The van der Waals surface area contributed by atoms with Gasteiger partial charge in [0.25, 0.3) is 5.69 Å². The van der Waals surface area contributed by atoms with E-state index >= 15 is 0 Å². The second-order valence-corrected chi connectivity index (χ2v) is 5.20. The summed E-state index contributed by atoms with van der Waals surface area (Å²) in [6.45, 7) is 2.07. The van der Waals surface area contributed by atoms with Crippen molar-refractivity contribution in [1.82, 2.24) is 0 Å². The van der Waals surface area contributed by atoms with Gasteiger partial charge in [-0.2, -0.15) is 0 Å². The highest BCUT2D eigenvalue weighted by molar-refractivity contribution is 14.1. The number of halogens is 1. The van der Waals surface area contributed by atoms with Gasteiger partial charge in [0.1, 0.15) is 12.4 Å². The van der Waals surface area contributed by atoms with Crippen molar-refractivity contribution < 1.29 is 9.66 Å². The number of benzene rings is 2. The molecule has 0 saturated carbocycles. The quantitative estimate of drug-likeness (QED) is 0.464. The minimum Gasteiger partial charge on any atom is -0.488 e. The average molecular weight is 369 g/mol. The molecule has 19 heavy (non-hydrogen) atoms. The van der Waals surface area contributed by atoms with E-state index in [-0.39, 0.29) is 10.6 Å². The van der Waals surface area contributed by atoms with Gasteiger partial charge >= 0.3 is 0 Å². The highest BCUT2D eigenvalue weighted by Gasteiger charge is 2.13. The molecule has 0 spiro atoms. The van der Waals surface area contributed by atoms with Gasteiger partial charge in [-0.15, -0.1) is 0 Å². The number of nitro benzene ring substituents is 1. The van der Waals surface area contributed by atoms with E-state index in [1.807, 2.05) is 30.3 Å². The highest BCUT2D eigenvalue weighted by Crippen LogP contribution is 2.24. The Balaban J connectivity index is 2.19. The second-order valence-electron chi connectivity index (χ2n) is 4.04. The minimum atomic E-state index is -0.370. The first-order valence-electron chi connectivity index (χ1n) is 5.70. The molecule has 0 N–H and O–H groups in total. The van der Waals surface area contributed by atoms with E-state index in [4.69, 9.17) is 4.74 Å². The van der Waals surface area contributed by atoms with Crippen LogP contribution < -0.4 is 4.74 Å². The fourth-order valence-electron chi connectivity index (χ4n) is 1.74. The van der Waals surface area contributed by atoms with Crippen molar-refractivity contribution in [2.75, 3.05) is 0 Å². The third-order valence-corrected chi connectivity index (χ3v) is 3.73. The number of para-hydroxylation sites is 1. The predicted molar refractivity (Wildman–Crippen MR) is 81.3 cm³/mol. The van der Waals surface area contributed by atoms with Gasteiger partial charge in [0.15, 0.2) is 0 Å². The third kappa shape index (κ3) is 3.23. The first kappa shape index (κ1) is 13.8. The monoisotopic (exact) mass is 369 g/mol. The largest absolute Gasteiger partial charge is 0.488 e. The summed E-state index contributed by atoms with van der Waals surface area (Å²) in [6.07, 6.45) is 0. The van der Waals surface area contributed by atoms with Crippen molar-refractivity contribution in [1.29, 1.82) is 0 Å². The molecule has 0 bridgehead atoms. The Kier molecular flexibility index (Phi) is 4.36. The zero-order valence-corrected chi connectivity index (χ0v) is 12.5. The normalized spacial score (nSPS) is 10.2. The van der Waals surface area contributed by atoms with Crippen LogP contribution in [0.2, 0.25) is 0 Å². The molecule has 98 valence electrons. The molecular formula is C14H12INO3. The zero-order valence-electron chi connectivity index (χ0n) is 10.3. The Morgan fingerprint density at radius 3 is 2.63 bits per heavy atom. The maximum atomic E-state index is 10.9. The SMILES string of the molecule is Cc1c(COc2ccccc2I)cccc1[N+](=O)[O-]. The molecule has 0 amide bonds. The lowest BCUT2D eigenvalue weighted by atomic mass is 10.1. The van der Waals surface area contributed by atoms with E-state index in [0.29, 0.717) is 12.2 Å². The molecule has 5 heteroatoms. The standard InChI is InChI=1S/C14H12INO3/c1-10-11(5-4-7-13(10)16(17)18)9-19-14-8-3-2-6-12(14)15/h2-8H,9H2,1H3. The summed E-state index contributed by atoms with van der Waals surface area (Å²) in [5, 5.41) is 10.9.